The molecule has 1 fully saturated rings. The fourth-order valence-corrected chi connectivity index (χ4v) is 2.40. The van der Waals surface area contributed by atoms with Crippen LogP contribution in [0.4, 0.5) is 4.39 Å². The molecule has 0 radical (unpaired) electrons. The summed E-state index contributed by atoms with van der Waals surface area (Å²) in [4.78, 5) is 4.30. The maximum absolute atomic E-state index is 13.6. The van der Waals surface area contributed by atoms with E-state index in [9.17, 15) is 4.39 Å². The smallest absolute Gasteiger partial charge is 0.151 e. The molecule has 0 unspecified atom stereocenters. The van der Waals surface area contributed by atoms with E-state index in [4.69, 9.17) is 11.6 Å². The molecule has 1 aromatic heterocycles. The first-order chi connectivity index (χ1) is 8.13. The SMILES string of the molecule is CC1(Cn2c(CCl)nc3c(F)cccc32)CC1. The second kappa shape index (κ2) is 3.70. The van der Waals surface area contributed by atoms with Gasteiger partial charge in [-0.1, -0.05) is 13.0 Å². The van der Waals surface area contributed by atoms with Gasteiger partial charge in [0.05, 0.1) is 11.4 Å². The average molecular weight is 253 g/mol. The number of para-hydroxylation sites is 1. The summed E-state index contributed by atoms with van der Waals surface area (Å²) in [6.07, 6.45) is 2.45. The van der Waals surface area contributed by atoms with Crippen molar-refractivity contribution < 1.29 is 4.39 Å². The van der Waals surface area contributed by atoms with E-state index in [-0.39, 0.29) is 5.82 Å². The molecule has 0 atom stereocenters. The lowest BCUT2D eigenvalue weighted by atomic mass is 10.1. The Hall–Kier alpha value is -1.09. The Morgan fingerprint density at radius 2 is 2.24 bits per heavy atom. The molecule has 1 aliphatic carbocycles. The number of benzene rings is 1. The van der Waals surface area contributed by atoms with Gasteiger partial charge < -0.3 is 4.57 Å². The van der Waals surface area contributed by atoms with E-state index in [0.29, 0.717) is 16.8 Å². The molecule has 90 valence electrons. The molecule has 2 nitrogen and oxygen atoms in total. The lowest BCUT2D eigenvalue weighted by Crippen LogP contribution is -2.10. The van der Waals surface area contributed by atoms with Gasteiger partial charge in [-0.2, -0.15) is 0 Å². The first-order valence-electron chi connectivity index (χ1n) is 5.83. The zero-order valence-electron chi connectivity index (χ0n) is 9.71. The van der Waals surface area contributed by atoms with Gasteiger partial charge >= 0.3 is 0 Å². The lowest BCUT2D eigenvalue weighted by Gasteiger charge is -2.12. The molecular formula is C13H14ClFN2. The van der Waals surface area contributed by atoms with E-state index in [1.54, 1.807) is 6.07 Å². The molecular weight excluding hydrogens is 239 g/mol. The van der Waals surface area contributed by atoms with Gasteiger partial charge in [0.25, 0.3) is 0 Å². The number of hydrogen-bond donors (Lipinski definition) is 0. The highest BCUT2D eigenvalue weighted by molar-refractivity contribution is 6.16. The highest BCUT2D eigenvalue weighted by Gasteiger charge is 2.38. The van der Waals surface area contributed by atoms with Crippen LogP contribution >= 0.6 is 11.6 Å². The van der Waals surface area contributed by atoms with Crippen molar-refractivity contribution in [2.24, 2.45) is 5.41 Å². The molecule has 1 saturated carbocycles. The fraction of sp³-hybridized carbons (Fsp3) is 0.462. The predicted molar refractivity (Wildman–Crippen MR) is 66.6 cm³/mol. The van der Waals surface area contributed by atoms with Gasteiger partial charge in [0, 0.05) is 6.54 Å². The largest absolute Gasteiger partial charge is 0.326 e. The second-order valence-corrected chi connectivity index (χ2v) is 5.43. The van der Waals surface area contributed by atoms with E-state index < -0.39 is 0 Å². The molecule has 2 aromatic rings. The zero-order valence-corrected chi connectivity index (χ0v) is 10.5. The summed E-state index contributed by atoms with van der Waals surface area (Å²) < 4.78 is 15.7. The first-order valence-corrected chi connectivity index (χ1v) is 6.36. The fourth-order valence-electron chi connectivity index (χ4n) is 2.19. The summed E-state index contributed by atoms with van der Waals surface area (Å²) in [6, 6.07) is 5.08. The monoisotopic (exact) mass is 252 g/mol. The molecule has 0 amide bonds. The van der Waals surface area contributed by atoms with Crippen molar-refractivity contribution in [3.63, 3.8) is 0 Å². The van der Waals surface area contributed by atoms with E-state index >= 15 is 0 Å². The van der Waals surface area contributed by atoms with Crippen LogP contribution in [-0.4, -0.2) is 9.55 Å². The van der Waals surface area contributed by atoms with Gasteiger partial charge in [-0.15, -0.1) is 11.6 Å². The van der Waals surface area contributed by atoms with E-state index in [1.165, 1.54) is 18.9 Å². The summed E-state index contributed by atoms with van der Waals surface area (Å²) in [7, 11) is 0. The van der Waals surface area contributed by atoms with E-state index in [1.807, 2.05) is 6.07 Å². The van der Waals surface area contributed by atoms with Crippen LogP contribution < -0.4 is 0 Å². The topological polar surface area (TPSA) is 17.8 Å². The number of nitrogens with zero attached hydrogens (tertiary/aromatic N) is 2. The van der Waals surface area contributed by atoms with Crippen molar-refractivity contribution in [3.05, 3.63) is 29.8 Å². The number of alkyl halides is 1. The maximum Gasteiger partial charge on any atom is 0.151 e. The quantitative estimate of drug-likeness (QED) is 0.762. The molecule has 0 bridgehead atoms. The minimum Gasteiger partial charge on any atom is -0.326 e. The number of rotatable bonds is 3. The van der Waals surface area contributed by atoms with Crippen LogP contribution in [0.25, 0.3) is 11.0 Å². The third kappa shape index (κ3) is 1.82. The molecule has 3 rings (SSSR count). The summed E-state index contributed by atoms with van der Waals surface area (Å²) in [5.41, 5.74) is 1.64. The first kappa shape index (κ1) is 11.0. The van der Waals surface area contributed by atoms with Crippen molar-refractivity contribution in [1.29, 1.82) is 0 Å². The molecule has 0 saturated heterocycles. The summed E-state index contributed by atoms with van der Waals surface area (Å²) in [5, 5.41) is 0. The molecule has 0 N–H and O–H groups in total. The van der Waals surface area contributed by atoms with Gasteiger partial charge in [0.1, 0.15) is 11.3 Å². The Morgan fingerprint density at radius 1 is 1.47 bits per heavy atom. The van der Waals surface area contributed by atoms with Crippen LogP contribution in [0.15, 0.2) is 18.2 Å². The van der Waals surface area contributed by atoms with Crippen molar-refractivity contribution in [3.8, 4) is 0 Å². The van der Waals surface area contributed by atoms with Crippen LogP contribution in [-0.2, 0) is 12.4 Å². The number of halogens is 2. The van der Waals surface area contributed by atoms with Crippen LogP contribution in [0.1, 0.15) is 25.6 Å². The third-order valence-electron chi connectivity index (χ3n) is 3.57. The standard InChI is InChI=1S/C13H14ClFN2/c1-13(5-6-13)8-17-10-4-2-3-9(15)12(10)16-11(17)7-14/h2-4H,5-8H2,1H3. The lowest BCUT2D eigenvalue weighted by molar-refractivity contribution is 0.465. The predicted octanol–water partition coefficient (Wildman–Crippen LogP) is 3.71. The van der Waals surface area contributed by atoms with Crippen LogP contribution in [0.3, 0.4) is 0 Å². The summed E-state index contributed by atoms with van der Waals surface area (Å²) in [6.45, 7) is 3.13. The Labute approximate surface area is 104 Å². The van der Waals surface area contributed by atoms with Crippen molar-refractivity contribution in [2.75, 3.05) is 0 Å². The molecule has 1 aliphatic rings. The molecule has 1 aromatic carbocycles. The Morgan fingerprint density at radius 3 is 2.88 bits per heavy atom. The highest BCUT2D eigenvalue weighted by atomic mass is 35.5. The summed E-state index contributed by atoms with van der Waals surface area (Å²) in [5.74, 6) is 0.818. The maximum atomic E-state index is 13.6. The Bertz CT molecular complexity index is 572. The number of fused-ring (bicyclic) bond motifs is 1. The second-order valence-electron chi connectivity index (χ2n) is 5.17. The van der Waals surface area contributed by atoms with Gasteiger partial charge in [-0.3, -0.25) is 0 Å². The number of imidazole rings is 1. The highest BCUT2D eigenvalue weighted by Crippen LogP contribution is 2.47. The Balaban J connectivity index is 2.16. The van der Waals surface area contributed by atoms with Crippen molar-refractivity contribution in [2.45, 2.75) is 32.2 Å². The number of aromatic nitrogens is 2. The molecule has 0 aliphatic heterocycles. The molecule has 17 heavy (non-hydrogen) atoms. The van der Waals surface area contributed by atoms with Crippen LogP contribution in [0.5, 0.6) is 0 Å². The van der Waals surface area contributed by atoms with Gasteiger partial charge in [-0.25, -0.2) is 9.37 Å². The minimum absolute atomic E-state index is 0.270. The van der Waals surface area contributed by atoms with E-state index in [2.05, 4.69) is 16.5 Å². The molecule has 0 spiro atoms. The summed E-state index contributed by atoms with van der Waals surface area (Å²) >= 11 is 5.90. The van der Waals surface area contributed by atoms with Crippen LogP contribution in [0, 0.1) is 11.2 Å². The molecule has 1 heterocycles. The molecule has 4 heteroatoms. The van der Waals surface area contributed by atoms with E-state index in [0.717, 1.165) is 17.9 Å². The third-order valence-corrected chi connectivity index (χ3v) is 3.81. The van der Waals surface area contributed by atoms with Crippen molar-refractivity contribution in [1.82, 2.24) is 9.55 Å². The van der Waals surface area contributed by atoms with Crippen LogP contribution in [0.2, 0.25) is 0 Å². The van der Waals surface area contributed by atoms with Gasteiger partial charge in [0.2, 0.25) is 0 Å². The zero-order chi connectivity index (χ0) is 12.0. The van der Waals surface area contributed by atoms with Gasteiger partial charge in [-0.05, 0) is 30.4 Å². The Kier molecular flexibility index (Phi) is 2.40. The minimum atomic E-state index is -0.270. The number of hydrogen-bond acceptors (Lipinski definition) is 1. The average Bonchev–Trinajstić information content (AvgIpc) is 2.92. The van der Waals surface area contributed by atoms with Gasteiger partial charge in [0.15, 0.2) is 5.82 Å². The normalized spacial score (nSPS) is 17.6. The van der Waals surface area contributed by atoms with Crippen molar-refractivity contribution >= 4 is 22.6 Å².